The predicted molar refractivity (Wildman–Crippen MR) is 95.1 cm³/mol. The lowest BCUT2D eigenvalue weighted by Crippen LogP contribution is -2.49. The third-order valence-electron chi connectivity index (χ3n) is 6.50. The molecule has 3 heterocycles. The Bertz CT molecular complexity index is 460. The van der Waals surface area contributed by atoms with Gasteiger partial charge in [-0.25, -0.2) is 0 Å². The van der Waals surface area contributed by atoms with Crippen LogP contribution in [0.2, 0.25) is 18.1 Å². The molecule has 3 rings (SSSR count). The highest BCUT2D eigenvalue weighted by molar-refractivity contribution is 6.74. The van der Waals surface area contributed by atoms with Crippen LogP contribution in [0.5, 0.6) is 0 Å². The monoisotopic (exact) mass is 341 g/mol. The molecule has 0 aromatic rings. The molecule has 0 spiro atoms. The molecule has 3 saturated heterocycles. The molecule has 0 aromatic heterocycles. The highest BCUT2D eigenvalue weighted by Gasteiger charge is 2.60. The maximum absolute atomic E-state index is 6.57. The van der Waals surface area contributed by atoms with E-state index < -0.39 is 14.1 Å². The maximum Gasteiger partial charge on any atom is 0.192 e. The number of nitrogens with zero attached hydrogens (tertiary/aromatic N) is 1. The zero-order valence-corrected chi connectivity index (χ0v) is 17.2. The van der Waals surface area contributed by atoms with Crippen molar-refractivity contribution in [3.63, 3.8) is 0 Å². The van der Waals surface area contributed by atoms with Crippen molar-refractivity contribution in [2.75, 3.05) is 6.61 Å². The zero-order chi connectivity index (χ0) is 17.2. The highest BCUT2D eigenvalue weighted by Crippen LogP contribution is 2.47. The Labute approximate surface area is 143 Å². The summed E-state index contributed by atoms with van der Waals surface area (Å²) in [7, 11) is -1.74. The van der Waals surface area contributed by atoms with Gasteiger partial charge in [-0.1, -0.05) is 20.8 Å². The van der Waals surface area contributed by atoms with Crippen molar-refractivity contribution in [1.82, 2.24) is 4.90 Å². The summed E-state index contributed by atoms with van der Waals surface area (Å²) in [5, 5.41) is 0.243. The van der Waals surface area contributed by atoms with E-state index in [0.717, 1.165) is 6.61 Å². The van der Waals surface area contributed by atoms with Crippen LogP contribution < -0.4 is 0 Å². The van der Waals surface area contributed by atoms with Crippen LogP contribution in [0.3, 0.4) is 0 Å². The second-order valence-corrected chi connectivity index (χ2v) is 14.5. The Balaban J connectivity index is 1.77. The fourth-order valence-electron chi connectivity index (χ4n) is 4.22. The summed E-state index contributed by atoms with van der Waals surface area (Å²) in [6.07, 6.45) is 2.84. The summed E-state index contributed by atoms with van der Waals surface area (Å²) >= 11 is 0. The van der Waals surface area contributed by atoms with E-state index in [2.05, 4.69) is 45.7 Å². The fraction of sp³-hybridized carbons (Fsp3) is 1.00. The molecule has 0 unspecified atom stereocenters. The highest BCUT2D eigenvalue weighted by atomic mass is 28.4. The minimum absolute atomic E-state index is 0.155. The van der Waals surface area contributed by atoms with E-state index in [9.17, 15) is 0 Å². The van der Waals surface area contributed by atoms with Crippen LogP contribution in [-0.4, -0.2) is 55.9 Å². The Morgan fingerprint density at radius 1 is 1.13 bits per heavy atom. The van der Waals surface area contributed by atoms with Crippen molar-refractivity contribution >= 4 is 8.32 Å². The summed E-state index contributed by atoms with van der Waals surface area (Å²) < 4.78 is 19.1. The van der Waals surface area contributed by atoms with Crippen LogP contribution in [0.4, 0.5) is 0 Å². The zero-order valence-electron chi connectivity index (χ0n) is 16.2. The second kappa shape index (κ2) is 5.53. The molecule has 0 amide bonds. The van der Waals surface area contributed by atoms with Gasteiger partial charge < -0.3 is 13.9 Å². The first-order valence-electron chi connectivity index (χ1n) is 9.20. The van der Waals surface area contributed by atoms with Gasteiger partial charge in [0.2, 0.25) is 0 Å². The first kappa shape index (κ1) is 17.9. The Hall–Kier alpha value is 0.0569. The molecule has 0 radical (unpaired) electrons. The number of hydrogen-bond acceptors (Lipinski definition) is 4. The SMILES string of the molecule is C[C@@H]1CC[C@@H]2[C@@H]3OC(C)(C)O[C@@H]3[C@@H](CO[Si](C)(C)C(C)(C)C)N12. The number of rotatable bonds is 3. The Kier molecular flexibility index (Phi) is 4.30. The third-order valence-corrected chi connectivity index (χ3v) is 11.0. The van der Waals surface area contributed by atoms with E-state index in [1.54, 1.807) is 0 Å². The van der Waals surface area contributed by atoms with Crippen molar-refractivity contribution in [1.29, 1.82) is 0 Å². The van der Waals surface area contributed by atoms with Gasteiger partial charge in [0.25, 0.3) is 0 Å². The number of fused-ring (bicyclic) bond motifs is 3. The molecule has 3 aliphatic rings. The van der Waals surface area contributed by atoms with E-state index in [1.165, 1.54) is 12.8 Å². The van der Waals surface area contributed by atoms with Crippen molar-refractivity contribution in [3.8, 4) is 0 Å². The topological polar surface area (TPSA) is 30.9 Å². The van der Waals surface area contributed by atoms with Crippen LogP contribution in [0.1, 0.15) is 54.4 Å². The van der Waals surface area contributed by atoms with E-state index in [0.29, 0.717) is 18.1 Å². The van der Waals surface area contributed by atoms with Gasteiger partial charge in [-0.15, -0.1) is 0 Å². The summed E-state index contributed by atoms with van der Waals surface area (Å²) in [6.45, 7) is 18.8. The lowest BCUT2D eigenvalue weighted by atomic mass is 10.0. The standard InChI is InChI=1S/C18H35NO3Si/c1-12-9-10-13-15-16(22-18(5,6)21-15)14(19(12)13)11-20-23(7,8)17(2,3)4/h12-16H,9-11H2,1-8H3/t12-,13-,14-,15+,16-/m1/s1. The van der Waals surface area contributed by atoms with Gasteiger partial charge in [0, 0.05) is 12.1 Å². The van der Waals surface area contributed by atoms with E-state index >= 15 is 0 Å². The van der Waals surface area contributed by atoms with Crippen molar-refractivity contribution < 1.29 is 13.9 Å². The fourth-order valence-corrected chi connectivity index (χ4v) is 5.24. The molecule has 5 atom stereocenters. The van der Waals surface area contributed by atoms with Crippen LogP contribution in [0.25, 0.3) is 0 Å². The molecular formula is C18H35NO3Si. The molecule has 0 saturated carbocycles. The molecule has 4 nitrogen and oxygen atoms in total. The molecule has 23 heavy (non-hydrogen) atoms. The van der Waals surface area contributed by atoms with Crippen molar-refractivity contribution in [2.24, 2.45) is 0 Å². The largest absolute Gasteiger partial charge is 0.415 e. The van der Waals surface area contributed by atoms with Crippen LogP contribution in [0.15, 0.2) is 0 Å². The van der Waals surface area contributed by atoms with Crippen LogP contribution in [-0.2, 0) is 13.9 Å². The average molecular weight is 342 g/mol. The average Bonchev–Trinajstić information content (AvgIpc) is 2.97. The van der Waals surface area contributed by atoms with Gasteiger partial charge in [0.1, 0.15) is 12.2 Å². The van der Waals surface area contributed by atoms with Gasteiger partial charge in [0.15, 0.2) is 14.1 Å². The number of hydrogen-bond donors (Lipinski definition) is 0. The summed E-state index contributed by atoms with van der Waals surface area (Å²) in [5.41, 5.74) is 0. The summed E-state index contributed by atoms with van der Waals surface area (Å²) in [5.74, 6) is -0.456. The molecular weight excluding hydrogens is 306 g/mol. The maximum atomic E-state index is 6.57. The number of ether oxygens (including phenoxy) is 2. The van der Waals surface area contributed by atoms with Crippen LogP contribution in [0, 0.1) is 0 Å². The smallest absolute Gasteiger partial charge is 0.192 e. The van der Waals surface area contributed by atoms with Crippen molar-refractivity contribution in [2.45, 2.75) is 109 Å². The van der Waals surface area contributed by atoms with Gasteiger partial charge in [-0.3, -0.25) is 4.90 Å². The molecule has 3 fully saturated rings. The van der Waals surface area contributed by atoms with Gasteiger partial charge >= 0.3 is 0 Å². The molecule has 0 aromatic carbocycles. The van der Waals surface area contributed by atoms with Gasteiger partial charge in [-0.05, 0) is 51.7 Å². The van der Waals surface area contributed by atoms with Gasteiger partial charge in [0.05, 0.1) is 12.6 Å². The Morgan fingerprint density at radius 2 is 1.74 bits per heavy atom. The predicted octanol–water partition coefficient (Wildman–Crippen LogP) is 3.76. The van der Waals surface area contributed by atoms with E-state index in [-0.39, 0.29) is 17.2 Å². The normalized spacial score (nSPS) is 40.4. The minimum atomic E-state index is -1.74. The first-order valence-corrected chi connectivity index (χ1v) is 12.1. The molecule has 5 heteroatoms. The van der Waals surface area contributed by atoms with Gasteiger partial charge in [-0.2, -0.15) is 0 Å². The third kappa shape index (κ3) is 3.04. The van der Waals surface area contributed by atoms with E-state index in [4.69, 9.17) is 13.9 Å². The quantitative estimate of drug-likeness (QED) is 0.731. The molecule has 3 aliphatic heterocycles. The summed E-state index contributed by atoms with van der Waals surface area (Å²) in [4.78, 5) is 2.64. The molecule has 0 N–H and O–H groups in total. The summed E-state index contributed by atoms with van der Waals surface area (Å²) in [6, 6.07) is 1.44. The molecule has 134 valence electrons. The Morgan fingerprint density at radius 3 is 2.35 bits per heavy atom. The minimum Gasteiger partial charge on any atom is -0.415 e. The molecule has 0 aliphatic carbocycles. The van der Waals surface area contributed by atoms with Crippen molar-refractivity contribution in [3.05, 3.63) is 0 Å². The lowest BCUT2D eigenvalue weighted by molar-refractivity contribution is -0.168. The second-order valence-electron chi connectivity index (χ2n) is 9.64. The first-order chi connectivity index (χ1) is 10.4. The molecule has 0 bridgehead atoms. The van der Waals surface area contributed by atoms with E-state index in [1.807, 2.05) is 13.8 Å². The van der Waals surface area contributed by atoms with Crippen LogP contribution >= 0.6 is 0 Å². The lowest BCUT2D eigenvalue weighted by Gasteiger charge is -2.39.